The second kappa shape index (κ2) is 8.95. The number of ether oxygens (including phenoxy) is 1. The minimum Gasteiger partial charge on any atom is -0.466 e. The van der Waals surface area contributed by atoms with E-state index in [2.05, 4.69) is 54.4 Å². The molecule has 1 unspecified atom stereocenters. The first-order valence-corrected chi connectivity index (χ1v) is 10.5. The molecule has 1 N–H and O–H groups in total. The summed E-state index contributed by atoms with van der Waals surface area (Å²) in [5.41, 5.74) is 1.64. The van der Waals surface area contributed by atoms with Crippen molar-refractivity contribution in [1.29, 1.82) is 0 Å². The summed E-state index contributed by atoms with van der Waals surface area (Å²) < 4.78 is 4.89. The topological polar surface area (TPSA) is 61.9 Å². The smallest absolute Gasteiger partial charge is 0.317 e. The second-order valence-corrected chi connectivity index (χ2v) is 8.22. The number of carbonyl (C=O) groups is 2. The number of hydrogen-bond donors (Lipinski definition) is 1. The van der Waals surface area contributed by atoms with Crippen LogP contribution in [0.2, 0.25) is 0 Å². The first kappa shape index (κ1) is 20.6. The molecule has 154 valence electrons. The number of nitrogens with one attached hydrogen (secondary N) is 1. The van der Waals surface area contributed by atoms with Gasteiger partial charge in [-0.2, -0.15) is 0 Å². The molecule has 0 aliphatic carbocycles. The van der Waals surface area contributed by atoms with Gasteiger partial charge in [0.1, 0.15) is 0 Å². The van der Waals surface area contributed by atoms with Crippen molar-refractivity contribution in [2.24, 2.45) is 5.41 Å². The maximum Gasteiger partial charge on any atom is 0.317 e. The second-order valence-electron chi connectivity index (χ2n) is 8.22. The van der Waals surface area contributed by atoms with Crippen LogP contribution in [0.1, 0.15) is 51.6 Å². The molecule has 2 saturated heterocycles. The molecule has 1 spiro atoms. The van der Waals surface area contributed by atoms with E-state index >= 15 is 0 Å². The lowest BCUT2D eigenvalue weighted by molar-refractivity contribution is -0.142. The number of urea groups is 1. The number of hydrogen-bond acceptors (Lipinski definition) is 4. The normalized spacial score (nSPS) is 21.4. The zero-order valence-corrected chi connectivity index (χ0v) is 17.3. The zero-order valence-electron chi connectivity index (χ0n) is 17.3. The summed E-state index contributed by atoms with van der Waals surface area (Å²) in [6.45, 7) is 9.63. The predicted molar refractivity (Wildman–Crippen MR) is 109 cm³/mol. The van der Waals surface area contributed by atoms with Crippen LogP contribution in [0.5, 0.6) is 0 Å². The fourth-order valence-electron chi connectivity index (χ4n) is 4.64. The van der Waals surface area contributed by atoms with E-state index in [1.54, 1.807) is 6.92 Å². The molecule has 3 rings (SSSR count). The molecule has 2 aliphatic rings. The Hall–Kier alpha value is -2.08. The summed E-state index contributed by atoms with van der Waals surface area (Å²) in [6.07, 6.45) is 2.25. The van der Waals surface area contributed by atoms with Gasteiger partial charge in [-0.05, 0) is 39.2 Å². The molecular formula is C22H33N3O3. The van der Waals surface area contributed by atoms with E-state index in [9.17, 15) is 9.59 Å². The Labute approximate surface area is 168 Å². The van der Waals surface area contributed by atoms with Gasteiger partial charge in [-0.1, -0.05) is 30.3 Å². The Morgan fingerprint density at radius 1 is 1.21 bits per heavy atom. The Kier molecular flexibility index (Phi) is 6.60. The summed E-state index contributed by atoms with van der Waals surface area (Å²) in [6, 6.07) is 11.6. The maximum absolute atomic E-state index is 12.4. The van der Waals surface area contributed by atoms with Crippen molar-refractivity contribution < 1.29 is 14.3 Å². The molecule has 0 bridgehead atoms. The first-order valence-electron chi connectivity index (χ1n) is 10.5. The van der Waals surface area contributed by atoms with Crippen LogP contribution in [-0.2, 0) is 9.53 Å². The van der Waals surface area contributed by atoms with Crippen molar-refractivity contribution in [3.8, 4) is 0 Å². The average molecular weight is 388 g/mol. The largest absolute Gasteiger partial charge is 0.466 e. The van der Waals surface area contributed by atoms with Crippen LogP contribution in [0.15, 0.2) is 30.3 Å². The minimum atomic E-state index is -0.269. The molecule has 6 nitrogen and oxygen atoms in total. The highest BCUT2D eigenvalue weighted by Crippen LogP contribution is 2.55. The number of benzene rings is 1. The molecule has 2 amide bonds. The molecule has 6 heteroatoms. The van der Waals surface area contributed by atoms with E-state index in [0.717, 1.165) is 32.5 Å². The van der Waals surface area contributed by atoms with Gasteiger partial charge in [-0.25, -0.2) is 4.79 Å². The van der Waals surface area contributed by atoms with Crippen LogP contribution >= 0.6 is 0 Å². The summed E-state index contributed by atoms with van der Waals surface area (Å²) in [5.74, 6) is -0.269. The molecule has 2 fully saturated rings. The molecule has 1 aromatic carbocycles. The van der Waals surface area contributed by atoms with E-state index in [0.29, 0.717) is 25.2 Å². The fraction of sp³-hybridized carbons (Fsp3) is 0.636. The van der Waals surface area contributed by atoms with Crippen LogP contribution in [0, 0.1) is 5.41 Å². The van der Waals surface area contributed by atoms with Gasteiger partial charge < -0.3 is 15.0 Å². The van der Waals surface area contributed by atoms with E-state index in [1.807, 2.05) is 4.90 Å². The molecule has 1 atom stereocenters. The van der Waals surface area contributed by atoms with E-state index < -0.39 is 0 Å². The maximum atomic E-state index is 12.4. The third-order valence-corrected chi connectivity index (χ3v) is 6.14. The Morgan fingerprint density at radius 3 is 2.50 bits per heavy atom. The van der Waals surface area contributed by atoms with Gasteiger partial charge in [-0.3, -0.25) is 9.69 Å². The van der Waals surface area contributed by atoms with E-state index in [-0.39, 0.29) is 23.8 Å². The van der Waals surface area contributed by atoms with Gasteiger partial charge in [0.25, 0.3) is 0 Å². The summed E-state index contributed by atoms with van der Waals surface area (Å²) in [4.78, 5) is 28.3. The predicted octanol–water partition coefficient (Wildman–Crippen LogP) is 3.20. The summed E-state index contributed by atoms with van der Waals surface area (Å²) in [7, 11) is 0. The number of likely N-dealkylation sites (tertiary alicyclic amines) is 2. The van der Waals surface area contributed by atoms with Gasteiger partial charge in [0.15, 0.2) is 0 Å². The number of carbonyl (C=O) groups excluding carboxylic acids is 2. The number of esters is 1. The highest BCUT2D eigenvalue weighted by atomic mass is 16.5. The van der Waals surface area contributed by atoms with Crippen LogP contribution in [-0.4, -0.2) is 60.6 Å². The quantitative estimate of drug-likeness (QED) is 0.762. The number of rotatable bonds is 6. The summed E-state index contributed by atoms with van der Waals surface area (Å²) in [5, 5.41) is 2.85. The van der Waals surface area contributed by atoms with Crippen molar-refractivity contribution in [2.75, 3.05) is 32.8 Å². The lowest BCUT2D eigenvalue weighted by Crippen LogP contribution is -2.64. The van der Waals surface area contributed by atoms with Gasteiger partial charge >= 0.3 is 12.0 Å². The van der Waals surface area contributed by atoms with Crippen molar-refractivity contribution >= 4 is 12.0 Å². The monoisotopic (exact) mass is 387 g/mol. The lowest BCUT2D eigenvalue weighted by Gasteiger charge is -2.62. The molecule has 0 aromatic heterocycles. The molecule has 0 radical (unpaired) electrons. The highest BCUT2D eigenvalue weighted by Gasteiger charge is 2.54. The van der Waals surface area contributed by atoms with Crippen molar-refractivity contribution in [3.63, 3.8) is 0 Å². The standard InChI is InChI=1S/C22H33N3O3/c1-4-28-19(26)10-13-23-21(27)24-14-11-22(12-15-24)16-25(17(2)3)20(22)18-8-6-5-7-9-18/h5-9,17,20H,4,10-16H2,1-3H3,(H,23,27). The Morgan fingerprint density at radius 2 is 1.89 bits per heavy atom. The molecular weight excluding hydrogens is 354 g/mol. The molecule has 2 heterocycles. The number of piperidine rings is 1. The Bertz CT molecular complexity index is 669. The third kappa shape index (κ3) is 4.32. The van der Waals surface area contributed by atoms with Gasteiger partial charge in [-0.15, -0.1) is 0 Å². The summed E-state index contributed by atoms with van der Waals surface area (Å²) >= 11 is 0. The Balaban J connectivity index is 1.55. The zero-order chi connectivity index (χ0) is 20.1. The van der Waals surface area contributed by atoms with Crippen LogP contribution in [0.4, 0.5) is 4.79 Å². The van der Waals surface area contributed by atoms with Crippen molar-refractivity contribution in [3.05, 3.63) is 35.9 Å². The first-order chi connectivity index (χ1) is 13.5. The molecule has 2 aliphatic heterocycles. The fourth-order valence-corrected chi connectivity index (χ4v) is 4.64. The molecule has 1 aromatic rings. The van der Waals surface area contributed by atoms with Crippen molar-refractivity contribution in [2.45, 2.75) is 52.1 Å². The average Bonchev–Trinajstić information content (AvgIpc) is 2.67. The van der Waals surface area contributed by atoms with E-state index in [4.69, 9.17) is 4.74 Å². The van der Waals surface area contributed by atoms with Crippen molar-refractivity contribution in [1.82, 2.24) is 15.1 Å². The third-order valence-electron chi connectivity index (χ3n) is 6.14. The van der Waals surface area contributed by atoms with Gasteiger partial charge in [0.05, 0.1) is 13.0 Å². The number of nitrogens with zero attached hydrogens (tertiary/aromatic N) is 2. The van der Waals surface area contributed by atoms with Crippen LogP contribution in [0.3, 0.4) is 0 Å². The minimum absolute atomic E-state index is 0.0737. The van der Waals surface area contributed by atoms with Gasteiger partial charge in [0, 0.05) is 43.7 Å². The molecule has 0 saturated carbocycles. The molecule has 28 heavy (non-hydrogen) atoms. The highest BCUT2D eigenvalue weighted by molar-refractivity contribution is 5.75. The van der Waals surface area contributed by atoms with Crippen LogP contribution in [0.25, 0.3) is 0 Å². The van der Waals surface area contributed by atoms with Gasteiger partial charge in [0.2, 0.25) is 0 Å². The van der Waals surface area contributed by atoms with E-state index in [1.165, 1.54) is 5.56 Å². The SMILES string of the molecule is CCOC(=O)CCNC(=O)N1CCC2(CC1)CN(C(C)C)C2c1ccccc1. The number of amides is 2. The van der Waals surface area contributed by atoms with Crippen LogP contribution < -0.4 is 5.32 Å². The lowest BCUT2D eigenvalue weighted by atomic mass is 9.62.